The first-order chi connectivity index (χ1) is 15.8. The van der Waals surface area contributed by atoms with Gasteiger partial charge in [-0.05, 0) is 86.3 Å². The van der Waals surface area contributed by atoms with Crippen LogP contribution in [-0.2, 0) is 10.9 Å². The highest BCUT2D eigenvalue weighted by atomic mass is 19.4. The predicted octanol–water partition coefficient (Wildman–Crippen LogP) is 4.81. The summed E-state index contributed by atoms with van der Waals surface area (Å²) in [6, 6.07) is 5.54. The monoisotopic (exact) mass is 466 g/mol. The molecule has 4 nitrogen and oxygen atoms in total. The molecular weight excluding hydrogens is 429 g/mol. The number of rotatable bonds is 8. The first kappa shape index (κ1) is 23.4. The fourth-order valence-electron chi connectivity index (χ4n) is 7.52. The summed E-state index contributed by atoms with van der Waals surface area (Å²) in [7, 11) is 0. The van der Waals surface area contributed by atoms with Gasteiger partial charge in [-0.2, -0.15) is 13.2 Å². The zero-order chi connectivity index (χ0) is 23.1. The van der Waals surface area contributed by atoms with Crippen LogP contribution < -0.4 is 4.90 Å². The van der Waals surface area contributed by atoms with Crippen LogP contribution in [0.4, 0.5) is 18.9 Å². The van der Waals surface area contributed by atoms with Gasteiger partial charge in [0.15, 0.2) is 0 Å². The van der Waals surface area contributed by atoms with Crippen LogP contribution in [0.5, 0.6) is 0 Å². The van der Waals surface area contributed by atoms with E-state index in [-0.39, 0.29) is 0 Å². The lowest BCUT2D eigenvalue weighted by atomic mass is 9.49. The second-order valence-corrected chi connectivity index (χ2v) is 11.2. The molecule has 1 aromatic rings. The van der Waals surface area contributed by atoms with Crippen LogP contribution in [0.15, 0.2) is 24.3 Å². The fourth-order valence-corrected chi connectivity index (χ4v) is 7.52. The second-order valence-electron chi connectivity index (χ2n) is 11.2. The van der Waals surface area contributed by atoms with E-state index in [2.05, 4.69) is 4.90 Å². The number of benzene rings is 1. The molecule has 33 heavy (non-hydrogen) atoms. The van der Waals surface area contributed by atoms with Crippen molar-refractivity contribution < 1.29 is 23.0 Å². The van der Waals surface area contributed by atoms with Crippen molar-refractivity contribution in [1.29, 1.82) is 0 Å². The van der Waals surface area contributed by atoms with Gasteiger partial charge in [0, 0.05) is 45.0 Å². The van der Waals surface area contributed by atoms with Crippen molar-refractivity contribution in [2.24, 2.45) is 23.2 Å². The number of nitrogens with zero attached hydrogens (tertiary/aromatic N) is 2. The number of halogens is 3. The molecule has 4 saturated carbocycles. The topological polar surface area (TPSA) is 35.9 Å². The summed E-state index contributed by atoms with van der Waals surface area (Å²) in [4.78, 5) is 4.16. The summed E-state index contributed by atoms with van der Waals surface area (Å²) in [5.41, 5.74) is 0.515. The van der Waals surface area contributed by atoms with Gasteiger partial charge in [0.1, 0.15) is 0 Å². The molecule has 0 spiro atoms. The minimum Gasteiger partial charge on any atom is -0.389 e. The molecule has 1 heterocycles. The average Bonchev–Trinajstić information content (AvgIpc) is 2.76. The van der Waals surface area contributed by atoms with E-state index >= 15 is 0 Å². The average molecular weight is 467 g/mol. The summed E-state index contributed by atoms with van der Waals surface area (Å²) in [6.45, 7) is 4.41. The molecule has 5 aliphatic rings. The molecule has 1 N–H and O–H groups in total. The standard InChI is InChI=1S/C26H37F3N2O2/c27-26(28,29)22-2-1-3-23(13-22)31-7-5-30(6-8-31)17-24(32)18-33-9-4-25-14-19-10-20(15-25)12-21(11-19)16-25/h1-3,13,19-21,24,32H,4-12,14-18H2. The Hall–Kier alpha value is -1.31. The van der Waals surface area contributed by atoms with Gasteiger partial charge >= 0.3 is 6.18 Å². The number of β-amino-alcohol motifs (C(OH)–C–C–N with tert-alkyl or cyclic N) is 1. The molecular formula is C26H37F3N2O2. The van der Waals surface area contributed by atoms with Crippen LogP contribution >= 0.6 is 0 Å². The zero-order valence-electron chi connectivity index (χ0n) is 19.4. The highest BCUT2D eigenvalue weighted by Crippen LogP contribution is 2.61. The molecule has 1 aliphatic heterocycles. The molecule has 1 unspecified atom stereocenters. The largest absolute Gasteiger partial charge is 0.416 e. The Morgan fingerprint density at radius 2 is 1.64 bits per heavy atom. The van der Waals surface area contributed by atoms with Crippen LogP contribution in [0, 0.1) is 23.2 Å². The maximum absolute atomic E-state index is 13.0. The minimum atomic E-state index is -4.32. The van der Waals surface area contributed by atoms with E-state index in [0.717, 1.165) is 49.9 Å². The van der Waals surface area contributed by atoms with Gasteiger partial charge in [-0.15, -0.1) is 0 Å². The van der Waals surface area contributed by atoms with E-state index in [1.165, 1.54) is 50.7 Å². The van der Waals surface area contributed by atoms with E-state index in [1.54, 1.807) is 6.07 Å². The number of alkyl halides is 3. The van der Waals surface area contributed by atoms with Crippen LogP contribution in [0.1, 0.15) is 50.5 Å². The van der Waals surface area contributed by atoms with Crippen molar-refractivity contribution >= 4 is 5.69 Å². The van der Waals surface area contributed by atoms with Crippen LogP contribution in [0.2, 0.25) is 0 Å². The van der Waals surface area contributed by atoms with Crippen molar-refractivity contribution in [3.05, 3.63) is 29.8 Å². The maximum Gasteiger partial charge on any atom is 0.416 e. The van der Waals surface area contributed by atoms with Gasteiger partial charge in [-0.1, -0.05) is 6.07 Å². The Bertz CT molecular complexity index is 772. The van der Waals surface area contributed by atoms with Crippen molar-refractivity contribution in [3.8, 4) is 0 Å². The fraction of sp³-hybridized carbons (Fsp3) is 0.769. The van der Waals surface area contributed by atoms with E-state index in [0.29, 0.717) is 37.3 Å². The third-order valence-electron chi connectivity index (χ3n) is 8.63. The number of aliphatic hydroxyl groups excluding tert-OH is 1. The Labute approximate surface area is 195 Å². The molecule has 4 aliphatic carbocycles. The normalized spacial score (nSPS) is 33.0. The van der Waals surface area contributed by atoms with Gasteiger partial charge in [0.2, 0.25) is 0 Å². The number of aliphatic hydroxyl groups is 1. The lowest BCUT2D eigenvalue weighted by Gasteiger charge is -2.57. The van der Waals surface area contributed by atoms with Crippen molar-refractivity contribution in [3.63, 3.8) is 0 Å². The zero-order valence-corrected chi connectivity index (χ0v) is 19.4. The van der Waals surface area contributed by atoms with Gasteiger partial charge in [0.05, 0.1) is 18.3 Å². The summed E-state index contributed by atoms with van der Waals surface area (Å²) in [5, 5.41) is 10.5. The first-order valence-electron chi connectivity index (χ1n) is 12.7. The Balaban J connectivity index is 1.01. The third kappa shape index (κ3) is 5.51. The highest BCUT2D eigenvalue weighted by molar-refractivity contribution is 5.49. The molecule has 4 bridgehead atoms. The molecule has 6 rings (SSSR count). The summed E-state index contributed by atoms with van der Waals surface area (Å²) in [5.74, 6) is 2.87. The lowest BCUT2D eigenvalue weighted by Crippen LogP contribution is -2.49. The molecule has 5 fully saturated rings. The van der Waals surface area contributed by atoms with Crippen molar-refractivity contribution in [2.45, 2.75) is 57.2 Å². The molecule has 1 aromatic carbocycles. The summed E-state index contributed by atoms with van der Waals surface area (Å²) in [6.07, 6.45) is 4.83. The van der Waals surface area contributed by atoms with Gasteiger partial charge in [-0.25, -0.2) is 0 Å². The van der Waals surface area contributed by atoms with Gasteiger partial charge in [0.25, 0.3) is 0 Å². The van der Waals surface area contributed by atoms with Gasteiger partial charge < -0.3 is 14.7 Å². The Morgan fingerprint density at radius 3 is 2.24 bits per heavy atom. The summed E-state index contributed by atoms with van der Waals surface area (Å²) >= 11 is 0. The van der Waals surface area contributed by atoms with Crippen LogP contribution in [-0.4, -0.2) is 62.0 Å². The predicted molar refractivity (Wildman–Crippen MR) is 122 cm³/mol. The maximum atomic E-state index is 13.0. The summed E-state index contributed by atoms with van der Waals surface area (Å²) < 4.78 is 44.9. The molecule has 0 aromatic heterocycles. The minimum absolute atomic E-state index is 0.361. The number of ether oxygens (including phenoxy) is 1. The Morgan fingerprint density at radius 1 is 1.00 bits per heavy atom. The third-order valence-corrected chi connectivity index (χ3v) is 8.63. The number of hydrogen-bond donors (Lipinski definition) is 1. The number of piperazine rings is 1. The highest BCUT2D eigenvalue weighted by Gasteiger charge is 2.50. The first-order valence-corrected chi connectivity index (χ1v) is 12.7. The quantitative estimate of drug-likeness (QED) is 0.558. The molecule has 184 valence electrons. The van der Waals surface area contributed by atoms with Crippen molar-refractivity contribution in [1.82, 2.24) is 4.90 Å². The molecule has 0 radical (unpaired) electrons. The lowest BCUT2D eigenvalue weighted by molar-refractivity contribution is -0.137. The van der Waals surface area contributed by atoms with E-state index in [4.69, 9.17) is 4.74 Å². The molecule has 7 heteroatoms. The van der Waals surface area contributed by atoms with E-state index in [1.807, 2.05) is 4.90 Å². The molecule has 1 saturated heterocycles. The second kappa shape index (κ2) is 9.38. The van der Waals surface area contributed by atoms with E-state index in [9.17, 15) is 18.3 Å². The van der Waals surface area contributed by atoms with Gasteiger partial charge in [-0.3, -0.25) is 4.90 Å². The van der Waals surface area contributed by atoms with Crippen LogP contribution in [0.3, 0.4) is 0 Å². The number of hydrogen-bond acceptors (Lipinski definition) is 4. The SMILES string of the molecule is OC(COCCC12CC3CC(CC(C3)C1)C2)CN1CCN(c2cccc(C(F)(F)F)c2)CC1. The molecule has 0 amide bonds. The van der Waals surface area contributed by atoms with E-state index < -0.39 is 17.8 Å². The Kier molecular flexibility index (Phi) is 6.66. The molecule has 1 atom stereocenters. The van der Waals surface area contributed by atoms with Crippen molar-refractivity contribution in [2.75, 3.05) is 50.8 Å². The smallest absolute Gasteiger partial charge is 0.389 e. The number of anilines is 1. The van der Waals surface area contributed by atoms with Crippen LogP contribution in [0.25, 0.3) is 0 Å².